The van der Waals surface area contributed by atoms with E-state index in [2.05, 4.69) is 10.0 Å². The van der Waals surface area contributed by atoms with E-state index in [0.29, 0.717) is 12.2 Å². The van der Waals surface area contributed by atoms with Crippen LogP contribution in [0.3, 0.4) is 0 Å². The van der Waals surface area contributed by atoms with Gasteiger partial charge in [0.15, 0.2) is 0 Å². The summed E-state index contributed by atoms with van der Waals surface area (Å²) in [6.45, 7) is 2.37. The van der Waals surface area contributed by atoms with Crippen molar-refractivity contribution in [3.05, 3.63) is 47.5 Å². The summed E-state index contributed by atoms with van der Waals surface area (Å²) < 4.78 is 53.6. The summed E-state index contributed by atoms with van der Waals surface area (Å²) in [6.07, 6.45) is 0. The molecule has 7 nitrogen and oxygen atoms in total. The van der Waals surface area contributed by atoms with Gasteiger partial charge in [-0.1, -0.05) is 23.7 Å². The van der Waals surface area contributed by atoms with Gasteiger partial charge in [0.05, 0.1) is 21.3 Å². The number of hydrogen-bond acceptors (Lipinski definition) is 5. The van der Waals surface area contributed by atoms with Crippen LogP contribution in [-0.2, 0) is 20.0 Å². The number of benzene rings is 2. The lowest BCUT2D eigenvalue weighted by Gasteiger charge is -2.17. The number of rotatable bonds is 7. The van der Waals surface area contributed by atoms with Crippen LogP contribution in [0.2, 0.25) is 5.02 Å². The quantitative estimate of drug-likeness (QED) is 0.722. The number of hydrogen-bond donors (Lipinski definition) is 2. The molecule has 0 radical (unpaired) electrons. The molecule has 2 aromatic carbocycles. The summed E-state index contributed by atoms with van der Waals surface area (Å²) in [5.74, 6) is 0. The molecule has 0 aromatic heterocycles. The van der Waals surface area contributed by atoms with Crippen molar-refractivity contribution in [2.45, 2.75) is 16.7 Å². The summed E-state index contributed by atoms with van der Waals surface area (Å²) in [5.41, 5.74) is 0.579. The molecule has 0 unspecified atom stereocenters. The highest BCUT2D eigenvalue weighted by Gasteiger charge is 2.22. The zero-order valence-corrected chi connectivity index (χ0v) is 16.9. The van der Waals surface area contributed by atoms with Gasteiger partial charge >= 0.3 is 0 Å². The highest BCUT2D eigenvalue weighted by atomic mass is 35.5. The van der Waals surface area contributed by atoms with Crippen LogP contribution >= 0.6 is 11.6 Å². The molecule has 2 rings (SSSR count). The van der Waals surface area contributed by atoms with E-state index in [0.717, 1.165) is 4.31 Å². The van der Waals surface area contributed by atoms with E-state index in [9.17, 15) is 16.8 Å². The van der Waals surface area contributed by atoms with Gasteiger partial charge in [0.25, 0.3) is 10.0 Å². The molecule has 10 heteroatoms. The second kappa shape index (κ2) is 7.83. The number of nitrogens with one attached hydrogen (secondary N) is 2. The Bertz CT molecular complexity index is 1010. The first-order valence-corrected chi connectivity index (χ1v) is 11.0. The van der Waals surface area contributed by atoms with E-state index in [-0.39, 0.29) is 20.5 Å². The topological polar surface area (TPSA) is 95.6 Å². The van der Waals surface area contributed by atoms with Gasteiger partial charge in [-0.3, -0.25) is 4.72 Å². The minimum atomic E-state index is -4.00. The van der Waals surface area contributed by atoms with Crippen molar-refractivity contribution in [3.8, 4) is 0 Å². The zero-order chi connectivity index (χ0) is 19.5. The molecule has 0 amide bonds. The van der Waals surface area contributed by atoms with E-state index in [1.165, 1.54) is 44.4 Å². The first kappa shape index (κ1) is 20.5. The third kappa shape index (κ3) is 4.29. The van der Waals surface area contributed by atoms with Crippen LogP contribution < -0.4 is 10.0 Å². The van der Waals surface area contributed by atoms with Crippen molar-refractivity contribution in [3.63, 3.8) is 0 Å². The molecule has 142 valence electrons. The first-order valence-electron chi connectivity index (χ1n) is 7.67. The van der Waals surface area contributed by atoms with E-state index in [4.69, 9.17) is 11.6 Å². The van der Waals surface area contributed by atoms with Gasteiger partial charge in [0, 0.05) is 20.6 Å². The fourth-order valence-corrected chi connectivity index (χ4v) is 4.71. The monoisotopic (exact) mass is 417 g/mol. The van der Waals surface area contributed by atoms with Crippen LogP contribution in [0.1, 0.15) is 6.92 Å². The molecule has 0 spiro atoms. The van der Waals surface area contributed by atoms with Crippen LogP contribution in [0.4, 0.5) is 11.4 Å². The molecule has 0 bridgehead atoms. The Morgan fingerprint density at radius 1 is 1.00 bits per heavy atom. The third-order valence-corrected chi connectivity index (χ3v) is 7.18. The van der Waals surface area contributed by atoms with Gasteiger partial charge in [-0.25, -0.2) is 21.1 Å². The fraction of sp³-hybridized carbons (Fsp3) is 0.250. The lowest BCUT2D eigenvalue weighted by Crippen LogP contribution is -2.22. The normalized spacial score (nSPS) is 12.2. The van der Waals surface area contributed by atoms with E-state index < -0.39 is 20.0 Å². The molecule has 0 saturated carbocycles. The lowest BCUT2D eigenvalue weighted by molar-refractivity contribution is 0.521. The van der Waals surface area contributed by atoms with Crippen molar-refractivity contribution in [2.75, 3.05) is 30.7 Å². The molecular weight excluding hydrogens is 398 g/mol. The largest absolute Gasteiger partial charge is 0.384 e. The molecule has 0 heterocycles. The Morgan fingerprint density at radius 2 is 1.65 bits per heavy atom. The predicted octanol–water partition coefficient (Wildman–Crippen LogP) is 2.82. The zero-order valence-electron chi connectivity index (χ0n) is 14.5. The maximum atomic E-state index is 12.7. The Balaban J connectivity index is 2.55. The van der Waals surface area contributed by atoms with Crippen LogP contribution in [0, 0.1) is 0 Å². The van der Waals surface area contributed by atoms with Crippen molar-refractivity contribution < 1.29 is 16.8 Å². The molecule has 2 aromatic rings. The number of halogens is 1. The van der Waals surface area contributed by atoms with Crippen molar-refractivity contribution in [2.24, 2.45) is 0 Å². The maximum Gasteiger partial charge on any atom is 0.263 e. The average Bonchev–Trinajstić information content (AvgIpc) is 2.56. The predicted molar refractivity (Wildman–Crippen MR) is 104 cm³/mol. The fourth-order valence-electron chi connectivity index (χ4n) is 2.19. The average molecular weight is 418 g/mol. The molecule has 0 aliphatic heterocycles. The van der Waals surface area contributed by atoms with Crippen molar-refractivity contribution >= 4 is 43.0 Å². The molecule has 0 fully saturated rings. The molecular formula is C16H20ClN3O4S2. The van der Waals surface area contributed by atoms with E-state index >= 15 is 0 Å². The van der Waals surface area contributed by atoms with Crippen molar-refractivity contribution in [1.82, 2.24) is 4.31 Å². The number of nitrogens with zero attached hydrogens (tertiary/aromatic N) is 1. The van der Waals surface area contributed by atoms with Crippen molar-refractivity contribution in [1.29, 1.82) is 0 Å². The van der Waals surface area contributed by atoms with Gasteiger partial charge in [0.2, 0.25) is 10.0 Å². The molecule has 0 aliphatic rings. The third-order valence-electron chi connectivity index (χ3n) is 3.51. The van der Waals surface area contributed by atoms with Crippen LogP contribution in [0.15, 0.2) is 52.3 Å². The van der Waals surface area contributed by atoms with E-state index in [1.54, 1.807) is 12.1 Å². The molecule has 0 aliphatic carbocycles. The molecule has 0 saturated heterocycles. The standard InChI is InChI=1S/C16H20ClN3O4S2/c1-4-18-14-10-9-12(26(23,24)20(2)3)11-15(14)19-25(21,22)16-8-6-5-7-13(16)17/h5-11,18-19H,4H2,1-3H3. The SMILES string of the molecule is CCNc1ccc(S(=O)(=O)N(C)C)cc1NS(=O)(=O)c1ccccc1Cl. The van der Waals surface area contributed by atoms with Crippen LogP contribution in [0.25, 0.3) is 0 Å². The minimum absolute atomic E-state index is 0.0268. The van der Waals surface area contributed by atoms with E-state index in [1.807, 2.05) is 6.92 Å². The summed E-state index contributed by atoms with van der Waals surface area (Å²) in [4.78, 5) is -0.119. The Labute approximate surface area is 159 Å². The minimum Gasteiger partial charge on any atom is -0.384 e. The highest BCUT2D eigenvalue weighted by Crippen LogP contribution is 2.30. The Hall–Kier alpha value is -1.81. The summed E-state index contributed by atoms with van der Waals surface area (Å²) in [6, 6.07) is 10.2. The molecule has 26 heavy (non-hydrogen) atoms. The Morgan fingerprint density at radius 3 is 2.23 bits per heavy atom. The molecule has 2 N–H and O–H groups in total. The lowest BCUT2D eigenvalue weighted by atomic mass is 10.2. The number of anilines is 2. The summed E-state index contributed by atoms with van der Waals surface area (Å²) in [7, 11) is -4.90. The molecule has 0 atom stereocenters. The van der Waals surface area contributed by atoms with Crippen LogP contribution in [-0.4, -0.2) is 41.8 Å². The van der Waals surface area contributed by atoms with Gasteiger partial charge in [-0.15, -0.1) is 0 Å². The smallest absolute Gasteiger partial charge is 0.263 e. The van der Waals surface area contributed by atoms with Gasteiger partial charge < -0.3 is 5.32 Å². The number of sulfonamides is 2. The second-order valence-corrected chi connectivity index (χ2v) is 9.77. The van der Waals surface area contributed by atoms with Gasteiger partial charge in [-0.2, -0.15) is 0 Å². The first-order chi connectivity index (χ1) is 12.1. The second-order valence-electron chi connectivity index (χ2n) is 5.56. The Kier molecular flexibility index (Phi) is 6.17. The summed E-state index contributed by atoms with van der Waals surface area (Å²) in [5, 5.41) is 3.08. The van der Waals surface area contributed by atoms with Gasteiger partial charge in [-0.05, 0) is 37.3 Å². The highest BCUT2D eigenvalue weighted by molar-refractivity contribution is 7.93. The van der Waals surface area contributed by atoms with Crippen LogP contribution in [0.5, 0.6) is 0 Å². The maximum absolute atomic E-state index is 12.7. The van der Waals surface area contributed by atoms with Gasteiger partial charge in [0.1, 0.15) is 4.90 Å². The summed E-state index contributed by atoms with van der Waals surface area (Å²) >= 11 is 5.98.